The number of aliphatic imine (C=N–C) groups is 1. The number of piperazine rings is 1. The molecule has 1 N–H and O–H groups in total. The molecule has 2 rings (SSSR count). The summed E-state index contributed by atoms with van der Waals surface area (Å²) in [5, 5.41) is 3.40. The average molecular weight is 504 g/mol. The van der Waals surface area contributed by atoms with E-state index in [1.165, 1.54) is 5.56 Å². The zero-order chi connectivity index (χ0) is 19.3. The molecule has 0 spiro atoms. The van der Waals surface area contributed by atoms with E-state index in [0.717, 1.165) is 45.0 Å². The zero-order valence-electron chi connectivity index (χ0n) is 16.9. The maximum atomic E-state index is 11.8. The van der Waals surface area contributed by atoms with E-state index in [2.05, 4.69) is 27.3 Å². The monoisotopic (exact) mass is 504 g/mol. The Labute approximate surface area is 185 Å². The molecule has 0 saturated carbocycles. The summed E-state index contributed by atoms with van der Waals surface area (Å²) >= 11 is 0. The van der Waals surface area contributed by atoms with E-state index < -0.39 is 0 Å². The molecule has 1 saturated heterocycles. The third-order valence-electron chi connectivity index (χ3n) is 4.43. The first-order chi connectivity index (χ1) is 13.2. The van der Waals surface area contributed by atoms with Gasteiger partial charge in [-0.25, -0.2) is 4.79 Å². The van der Waals surface area contributed by atoms with Crippen LogP contribution in [0.5, 0.6) is 0 Å². The van der Waals surface area contributed by atoms with Crippen molar-refractivity contribution in [1.82, 2.24) is 15.1 Å². The van der Waals surface area contributed by atoms with Gasteiger partial charge in [0.05, 0.1) is 13.2 Å². The van der Waals surface area contributed by atoms with Crippen molar-refractivity contribution in [3.05, 3.63) is 35.9 Å². The van der Waals surface area contributed by atoms with Gasteiger partial charge in [0.25, 0.3) is 0 Å². The summed E-state index contributed by atoms with van der Waals surface area (Å²) in [4.78, 5) is 20.0. The van der Waals surface area contributed by atoms with Gasteiger partial charge < -0.3 is 24.6 Å². The van der Waals surface area contributed by atoms with Crippen molar-refractivity contribution in [3.8, 4) is 0 Å². The lowest BCUT2D eigenvalue weighted by molar-refractivity contribution is 0.0914. The van der Waals surface area contributed by atoms with Gasteiger partial charge in [0.15, 0.2) is 5.96 Å². The average Bonchev–Trinajstić information content (AvgIpc) is 2.71. The summed E-state index contributed by atoms with van der Waals surface area (Å²) in [7, 11) is 1.79. The molecule has 0 aromatic heterocycles. The van der Waals surface area contributed by atoms with E-state index in [0.29, 0.717) is 26.3 Å². The molecule has 8 heteroatoms. The van der Waals surface area contributed by atoms with Crippen LogP contribution in [0.25, 0.3) is 0 Å². The first-order valence-electron chi connectivity index (χ1n) is 9.73. The van der Waals surface area contributed by atoms with E-state index >= 15 is 0 Å². The Kier molecular flexibility index (Phi) is 12.6. The Morgan fingerprint density at radius 2 is 1.79 bits per heavy atom. The number of carbonyl (C=O) groups excluding carboxylic acids is 1. The lowest BCUT2D eigenvalue weighted by atomic mass is 10.2. The van der Waals surface area contributed by atoms with Crippen LogP contribution in [0.4, 0.5) is 4.79 Å². The number of benzene rings is 1. The second kappa shape index (κ2) is 14.4. The van der Waals surface area contributed by atoms with Gasteiger partial charge in [-0.2, -0.15) is 0 Å². The molecule has 28 heavy (non-hydrogen) atoms. The predicted molar refractivity (Wildman–Crippen MR) is 122 cm³/mol. The minimum absolute atomic E-state index is 0. The quantitative estimate of drug-likeness (QED) is 0.255. The molecule has 0 aliphatic carbocycles. The molecule has 1 aliphatic rings. The fourth-order valence-corrected chi connectivity index (χ4v) is 2.94. The van der Waals surface area contributed by atoms with Gasteiger partial charge in [0, 0.05) is 46.4 Å². The normalized spacial score (nSPS) is 14.4. The van der Waals surface area contributed by atoms with Crippen molar-refractivity contribution >= 4 is 36.0 Å². The molecule has 1 heterocycles. The van der Waals surface area contributed by atoms with Crippen molar-refractivity contribution in [2.75, 3.05) is 53.0 Å². The number of amides is 1. The maximum absolute atomic E-state index is 11.8. The number of nitrogens with one attached hydrogen (secondary N) is 1. The molecule has 1 fully saturated rings. The summed E-state index contributed by atoms with van der Waals surface area (Å²) < 4.78 is 10.8. The van der Waals surface area contributed by atoms with Gasteiger partial charge in [-0.15, -0.1) is 24.0 Å². The van der Waals surface area contributed by atoms with E-state index in [4.69, 9.17) is 9.47 Å². The molecular formula is C20H33IN4O3. The standard InChI is InChI=1S/C20H32N4O3.HI/c1-3-27-20(25)24-14-12-23(13-15-24)19(21-2)22-11-7-8-16-26-17-18-9-5-4-6-10-18;/h4-6,9-10H,3,7-8,11-17H2,1-2H3,(H,21,22);1H. The molecule has 158 valence electrons. The number of hydrogen-bond donors (Lipinski definition) is 1. The van der Waals surface area contributed by atoms with Crippen molar-refractivity contribution < 1.29 is 14.3 Å². The maximum Gasteiger partial charge on any atom is 0.409 e. The lowest BCUT2D eigenvalue weighted by Gasteiger charge is -2.35. The van der Waals surface area contributed by atoms with Crippen LogP contribution in [0.1, 0.15) is 25.3 Å². The molecular weight excluding hydrogens is 471 g/mol. The van der Waals surface area contributed by atoms with Crippen molar-refractivity contribution in [1.29, 1.82) is 0 Å². The molecule has 0 radical (unpaired) electrons. The molecule has 7 nitrogen and oxygen atoms in total. The SMILES string of the molecule is CCOC(=O)N1CCN(C(=NC)NCCCCOCc2ccccc2)CC1.I. The van der Waals surface area contributed by atoms with Gasteiger partial charge >= 0.3 is 6.09 Å². The number of nitrogens with zero attached hydrogens (tertiary/aromatic N) is 3. The van der Waals surface area contributed by atoms with E-state index in [1.54, 1.807) is 11.9 Å². The number of hydrogen-bond acceptors (Lipinski definition) is 4. The van der Waals surface area contributed by atoms with Gasteiger partial charge in [-0.1, -0.05) is 30.3 Å². The highest BCUT2D eigenvalue weighted by Crippen LogP contribution is 2.05. The third kappa shape index (κ3) is 8.64. The molecule has 0 atom stereocenters. The summed E-state index contributed by atoms with van der Waals surface area (Å²) in [6.45, 7) is 7.37. The number of rotatable bonds is 8. The van der Waals surface area contributed by atoms with Crippen LogP contribution in [0.15, 0.2) is 35.3 Å². The van der Waals surface area contributed by atoms with Gasteiger partial charge in [-0.05, 0) is 25.3 Å². The van der Waals surface area contributed by atoms with Crippen LogP contribution in [0.3, 0.4) is 0 Å². The minimum Gasteiger partial charge on any atom is -0.450 e. The predicted octanol–water partition coefficient (Wildman–Crippen LogP) is 2.95. The highest BCUT2D eigenvalue weighted by Gasteiger charge is 2.23. The van der Waals surface area contributed by atoms with E-state index in [-0.39, 0.29) is 30.1 Å². The van der Waals surface area contributed by atoms with Crippen LogP contribution in [0.2, 0.25) is 0 Å². The van der Waals surface area contributed by atoms with Crippen LogP contribution < -0.4 is 5.32 Å². The zero-order valence-corrected chi connectivity index (χ0v) is 19.3. The second-order valence-corrected chi connectivity index (χ2v) is 6.39. The molecule has 0 bridgehead atoms. The summed E-state index contributed by atoms with van der Waals surface area (Å²) in [5.41, 5.74) is 1.21. The van der Waals surface area contributed by atoms with Gasteiger partial charge in [0.2, 0.25) is 0 Å². The molecule has 1 aromatic rings. The Morgan fingerprint density at radius 3 is 2.43 bits per heavy atom. The number of ether oxygens (including phenoxy) is 2. The third-order valence-corrected chi connectivity index (χ3v) is 4.43. The Balaban J connectivity index is 0.00000392. The van der Waals surface area contributed by atoms with E-state index in [9.17, 15) is 4.79 Å². The minimum atomic E-state index is -0.226. The topological polar surface area (TPSA) is 66.4 Å². The lowest BCUT2D eigenvalue weighted by Crippen LogP contribution is -2.54. The molecule has 1 amide bonds. The van der Waals surface area contributed by atoms with Crippen LogP contribution in [-0.2, 0) is 16.1 Å². The largest absolute Gasteiger partial charge is 0.450 e. The molecule has 0 unspecified atom stereocenters. The first-order valence-corrected chi connectivity index (χ1v) is 9.73. The summed E-state index contributed by atoms with van der Waals surface area (Å²) in [6, 6.07) is 10.2. The van der Waals surface area contributed by atoms with Gasteiger partial charge in [0.1, 0.15) is 0 Å². The Morgan fingerprint density at radius 1 is 1.11 bits per heavy atom. The second-order valence-electron chi connectivity index (χ2n) is 6.39. The number of carbonyl (C=O) groups is 1. The Hall–Kier alpha value is -1.55. The van der Waals surface area contributed by atoms with Gasteiger partial charge in [-0.3, -0.25) is 4.99 Å². The molecule has 1 aromatic carbocycles. The van der Waals surface area contributed by atoms with Crippen molar-refractivity contribution in [3.63, 3.8) is 0 Å². The fourth-order valence-electron chi connectivity index (χ4n) is 2.94. The summed E-state index contributed by atoms with van der Waals surface area (Å²) in [5.74, 6) is 0.892. The van der Waals surface area contributed by atoms with Crippen LogP contribution >= 0.6 is 24.0 Å². The Bertz CT molecular complexity index is 578. The van der Waals surface area contributed by atoms with Crippen LogP contribution in [-0.4, -0.2) is 74.8 Å². The van der Waals surface area contributed by atoms with E-state index in [1.807, 2.05) is 25.1 Å². The fraction of sp³-hybridized carbons (Fsp3) is 0.600. The number of unbranched alkanes of at least 4 members (excludes halogenated alkanes) is 1. The number of halogens is 1. The van der Waals surface area contributed by atoms with Crippen molar-refractivity contribution in [2.45, 2.75) is 26.4 Å². The van der Waals surface area contributed by atoms with Crippen molar-refractivity contribution in [2.24, 2.45) is 4.99 Å². The smallest absolute Gasteiger partial charge is 0.409 e. The first kappa shape index (κ1) is 24.5. The van der Waals surface area contributed by atoms with Crippen LogP contribution in [0, 0.1) is 0 Å². The highest BCUT2D eigenvalue weighted by molar-refractivity contribution is 14.0. The number of guanidine groups is 1. The molecule has 1 aliphatic heterocycles. The highest BCUT2D eigenvalue weighted by atomic mass is 127. The summed E-state index contributed by atoms with van der Waals surface area (Å²) in [6.07, 6.45) is 1.81.